The number of ketones is 1. The molecule has 0 aliphatic carbocycles. The van der Waals surface area contributed by atoms with Crippen LogP contribution in [0, 0.1) is 0 Å². The van der Waals surface area contributed by atoms with E-state index in [4.69, 9.17) is 10.8 Å². The van der Waals surface area contributed by atoms with Gasteiger partial charge in [0.15, 0.2) is 5.78 Å². The van der Waals surface area contributed by atoms with Crippen molar-refractivity contribution in [3.8, 4) is 0 Å². The van der Waals surface area contributed by atoms with E-state index in [1.54, 1.807) is 24.4 Å². The van der Waals surface area contributed by atoms with E-state index in [1.807, 2.05) is 0 Å². The van der Waals surface area contributed by atoms with Gasteiger partial charge in [-0.15, -0.1) is 0 Å². The fraction of sp³-hybridized carbons (Fsp3) is 0.364. The Morgan fingerprint density at radius 3 is 2.82 bits per heavy atom. The van der Waals surface area contributed by atoms with Crippen LogP contribution in [0.15, 0.2) is 24.4 Å². The van der Waals surface area contributed by atoms with E-state index in [9.17, 15) is 9.59 Å². The molecule has 0 aliphatic heterocycles. The Balaban J connectivity index is 2.24. The van der Waals surface area contributed by atoms with E-state index in [1.165, 1.54) is 11.8 Å². The Morgan fingerprint density at radius 2 is 2.24 bits per heavy atom. The van der Waals surface area contributed by atoms with Gasteiger partial charge in [-0.05, 0) is 24.3 Å². The van der Waals surface area contributed by atoms with Crippen LogP contribution in [-0.4, -0.2) is 39.4 Å². The van der Waals surface area contributed by atoms with Crippen molar-refractivity contribution >= 4 is 23.5 Å². The van der Waals surface area contributed by atoms with E-state index in [2.05, 4.69) is 4.98 Å². The summed E-state index contributed by atoms with van der Waals surface area (Å²) in [4.78, 5) is 26.0. The van der Waals surface area contributed by atoms with Gasteiger partial charge in [0.25, 0.3) is 0 Å². The summed E-state index contributed by atoms with van der Waals surface area (Å²) in [7, 11) is 0. The van der Waals surface area contributed by atoms with Crippen molar-refractivity contribution < 1.29 is 14.7 Å². The average Bonchev–Trinajstić information content (AvgIpc) is 2.35. The number of aliphatic carboxylic acids is 1. The molecule has 1 aromatic rings. The van der Waals surface area contributed by atoms with Crippen molar-refractivity contribution in [3.05, 3.63) is 30.1 Å². The van der Waals surface area contributed by atoms with Gasteiger partial charge in [0, 0.05) is 6.20 Å². The van der Waals surface area contributed by atoms with E-state index in [0.29, 0.717) is 23.6 Å². The zero-order chi connectivity index (χ0) is 12.7. The van der Waals surface area contributed by atoms with E-state index < -0.39 is 12.0 Å². The number of nitrogens with zero attached hydrogens (tertiary/aromatic N) is 1. The number of carboxylic acid groups (broad SMARTS) is 1. The Bertz CT molecular complexity index is 384. The quantitative estimate of drug-likeness (QED) is 0.552. The van der Waals surface area contributed by atoms with Gasteiger partial charge in [-0.3, -0.25) is 14.6 Å². The molecule has 0 aromatic carbocycles. The first-order valence-corrected chi connectivity index (χ1v) is 6.27. The van der Waals surface area contributed by atoms with Crippen LogP contribution in [0.5, 0.6) is 0 Å². The fourth-order valence-electron chi connectivity index (χ4n) is 1.10. The number of Topliss-reactive ketones (excluding diaryl/α,β-unsaturated/α-hetero) is 1. The van der Waals surface area contributed by atoms with Gasteiger partial charge in [-0.25, -0.2) is 0 Å². The summed E-state index contributed by atoms with van der Waals surface area (Å²) in [5.74, 6) is -0.226. The summed E-state index contributed by atoms with van der Waals surface area (Å²) in [6, 6.07) is 4.31. The fourth-order valence-corrected chi connectivity index (χ4v) is 2.00. The van der Waals surface area contributed by atoms with Crippen molar-refractivity contribution in [1.29, 1.82) is 0 Å². The summed E-state index contributed by atoms with van der Waals surface area (Å²) in [5.41, 5.74) is 5.77. The van der Waals surface area contributed by atoms with Crippen LogP contribution in [0.25, 0.3) is 0 Å². The zero-order valence-electron chi connectivity index (χ0n) is 9.20. The normalized spacial score (nSPS) is 12.1. The third-order valence-corrected chi connectivity index (χ3v) is 3.06. The minimum absolute atomic E-state index is 0.0560. The molecule has 0 fully saturated rings. The van der Waals surface area contributed by atoms with Gasteiger partial charge >= 0.3 is 5.97 Å². The highest BCUT2D eigenvalue weighted by Gasteiger charge is 2.11. The lowest BCUT2D eigenvalue weighted by Gasteiger charge is -2.05. The maximum Gasteiger partial charge on any atom is 0.320 e. The second-order valence-corrected chi connectivity index (χ2v) is 4.53. The predicted octanol–water partition coefficient (Wildman–Crippen LogP) is 0.799. The van der Waals surface area contributed by atoms with Crippen LogP contribution in [0.3, 0.4) is 0 Å². The molecule has 3 N–H and O–H groups in total. The minimum Gasteiger partial charge on any atom is -0.480 e. The van der Waals surface area contributed by atoms with Crippen molar-refractivity contribution in [1.82, 2.24) is 4.98 Å². The van der Waals surface area contributed by atoms with Gasteiger partial charge in [-0.1, -0.05) is 6.07 Å². The first-order chi connectivity index (χ1) is 8.11. The summed E-state index contributed by atoms with van der Waals surface area (Å²) < 4.78 is 0. The van der Waals surface area contributed by atoms with E-state index >= 15 is 0 Å². The van der Waals surface area contributed by atoms with Crippen LogP contribution in [-0.2, 0) is 4.79 Å². The van der Waals surface area contributed by atoms with Crippen LogP contribution >= 0.6 is 11.8 Å². The molecule has 1 aromatic heterocycles. The average molecular weight is 254 g/mol. The Morgan fingerprint density at radius 1 is 1.47 bits per heavy atom. The molecule has 6 heteroatoms. The van der Waals surface area contributed by atoms with E-state index in [-0.39, 0.29) is 5.78 Å². The summed E-state index contributed by atoms with van der Waals surface area (Å²) in [6.07, 6.45) is 1.92. The number of aromatic nitrogens is 1. The Kier molecular flexibility index (Phi) is 5.65. The van der Waals surface area contributed by atoms with Gasteiger partial charge in [-0.2, -0.15) is 11.8 Å². The van der Waals surface area contributed by atoms with Crippen LogP contribution < -0.4 is 5.73 Å². The molecule has 1 rings (SSSR count). The van der Waals surface area contributed by atoms with Gasteiger partial charge < -0.3 is 10.8 Å². The molecule has 0 amide bonds. The minimum atomic E-state index is -1.01. The number of carboxylic acids is 1. The summed E-state index contributed by atoms with van der Waals surface area (Å²) in [6.45, 7) is 0. The maximum absolute atomic E-state index is 11.6. The molecule has 0 bridgehead atoms. The van der Waals surface area contributed by atoms with Crippen molar-refractivity contribution in [3.63, 3.8) is 0 Å². The molecule has 1 atom stereocenters. The smallest absolute Gasteiger partial charge is 0.320 e. The standard InChI is InChI=1S/C11H14N2O3S/c12-8(11(15)16)4-6-17-7-10(14)9-3-1-2-5-13-9/h1-3,5,8H,4,6-7,12H2,(H,15,16)/t8-/m0/s1. The molecule has 0 aliphatic rings. The number of hydrogen-bond donors (Lipinski definition) is 2. The topological polar surface area (TPSA) is 93.3 Å². The lowest BCUT2D eigenvalue weighted by Crippen LogP contribution is -2.30. The van der Waals surface area contributed by atoms with Gasteiger partial charge in [0.2, 0.25) is 0 Å². The highest BCUT2D eigenvalue weighted by Crippen LogP contribution is 2.07. The Labute approximate surface area is 103 Å². The Hall–Kier alpha value is -1.40. The molecular formula is C11H14N2O3S. The van der Waals surface area contributed by atoms with Gasteiger partial charge in [0.1, 0.15) is 11.7 Å². The number of carbonyl (C=O) groups is 2. The van der Waals surface area contributed by atoms with Gasteiger partial charge in [0.05, 0.1) is 5.75 Å². The predicted molar refractivity (Wildman–Crippen MR) is 66.1 cm³/mol. The monoisotopic (exact) mass is 254 g/mol. The molecule has 0 unspecified atom stereocenters. The molecular weight excluding hydrogens is 240 g/mol. The first kappa shape index (κ1) is 13.7. The largest absolute Gasteiger partial charge is 0.480 e. The second kappa shape index (κ2) is 7.03. The highest BCUT2D eigenvalue weighted by atomic mass is 32.2. The van der Waals surface area contributed by atoms with Crippen LogP contribution in [0.1, 0.15) is 16.9 Å². The SMILES string of the molecule is N[C@@H](CCSCC(=O)c1ccccn1)C(=O)O. The van der Waals surface area contributed by atoms with Crippen LogP contribution in [0.4, 0.5) is 0 Å². The molecule has 0 saturated carbocycles. The molecule has 0 radical (unpaired) electrons. The van der Waals surface area contributed by atoms with Crippen molar-refractivity contribution in [2.75, 3.05) is 11.5 Å². The number of carbonyl (C=O) groups excluding carboxylic acids is 1. The molecule has 0 saturated heterocycles. The maximum atomic E-state index is 11.6. The number of thioether (sulfide) groups is 1. The number of hydrogen-bond acceptors (Lipinski definition) is 5. The molecule has 5 nitrogen and oxygen atoms in total. The van der Waals surface area contributed by atoms with Crippen LogP contribution in [0.2, 0.25) is 0 Å². The molecule has 1 heterocycles. The first-order valence-electron chi connectivity index (χ1n) is 5.11. The second-order valence-electron chi connectivity index (χ2n) is 3.42. The van der Waals surface area contributed by atoms with E-state index in [0.717, 1.165) is 0 Å². The molecule has 0 spiro atoms. The summed E-state index contributed by atoms with van der Waals surface area (Å²) in [5, 5.41) is 8.56. The number of pyridine rings is 1. The summed E-state index contributed by atoms with van der Waals surface area (Å²) >= 11 is 1.37. The number of nitrogens with two attached hydrogens (primary N) is 1. The molecule has 17 heavy (non-hydrogen) atoms. The third kappa shape index (κ3) is 4.97. The lowest BCUT2D eigenvalue weighted by molar-refractivity contribution is -0.138. The highest BCUT2D eigenvalue weighted by molar-refractivity contribution is 7.99. The third-order valence-electron chi connectivity index (χ3n) is 2.07. The van der Waals surface area contributed by atoms with Crippen molar-refractivity contribution in [2.24, 2.45) is 5.73 Å². The molecule has 92 valence electrons. The zero-order valence-corrected chi connectivity index (χ0v) is 10.0. The van der Waals surface area contributed by atoms with Crippen molar-refractivity contribution in [2.45, 2.75) is 12.5 Å². The lowest BCUT2D eigenvalue weighted by atomic mass is 10.2. The number of rotatable bonds is 7.